The van der Waals surface area contributed by atoms with Gasteiger partial charge in [0.15, 0.2) is 0 Å². The van der Waals surface area contributed by atoms with Gasteiger partial charge in [0.25, 0.3) is 0 Å². The monoisotopic (exact) mass is 481 g/mol. The molecule has 0 aliphatic carbocycles. The molecule has 7 heteroatoms. The van der Waals surface area contributed by atoms with Crippen molar-refractivity contribution in [3.8, 4) is 0 Å². The summed E-state index contributed by atoms with van der Waals surface area (Å²) in [4.78, 5) is 10.2. The Hall–Kier alpha value is -1.27. The van der Waals surface area contributed by atoms with Gasteiger partial charge in [-0.15, -0.1) is 11.8 Å². The number of aliphatic imine (C=N–C) groups is 1. The maximum atomic E-state index is 6.40. The molecule has 3 aromatic rings. The number of halogens is 3. The van der Waals surface area contributed by atoms with Crippen molar-refractivity contribution < 1.29 is 0 Å². The lowest BCUT2D eigenvalue weighted by atomic mass is 10.1. The molecule has 3 rings (SSSR count). The number of aromatic nitrogens is 2. The average Bonchev–Trinajstić information content (AvgIpc) is 3.15. The number of nitrogens with zero attached hydrogens (tertiary/aromatic N) is 3. The van der Waals surface area contributed by atoms with Gasteiger partial charge in [-0.05, 0) is 48.6 Å². The summed E-state index contributed by atoms with van der Waals surface area (Å²) in [7, 11) is 0. The Morgan fingerprint density at radius 3 is 2.67 bits per heavy atom. The summed E-state index contributed by atoms with van der Waals surface area (Å²) in [6.45, 7) is 1.37. The smallest absolute Gasteiger partial charge is 0.0949 e. The van der Waals surface area contributed by atoms with E-state index in [4.69, 9.17) is 28.2 Å². The molecule has 1 aromatic heterocycles. The van der Waals surface area contributed by atoms with E-state index in [9.17, 15) is 0 Å². The van der Waals surface area contributed by atoms with Crippen molar-refractivity contribution >= 4 is 56.6 Å². The average molecular weight is 483 g/mol. The molecule has 0 bridgehead atoms. The van der Waals surface area contributed by atoms with Crippen LogP contribution in [-0.2, 0) is 6.54 Å². The third-order valence-corrected chi connectivity index (χ3v) is 6.00. The van der Waals surface area contributed by atoms with Gasteiger partial charge in [0.05, 0.1) is 23.6 Å². The van der Waals surface area contributed by atoms with Gasteiger partial charge in [0.2, 0.25) is 0 Å². The molecule has 0 saturated carbocycles. The highest BCUT2D eigenvalue weighted by molar-refractivity contribution is 9.10. The third kappa shape index (κ3) is 6.39. The number of hydrogen-bond donors (Lipinski definition) is 0. The van der Waals surface area contributed by atoms with Gasteiger partial charge in [0.1, 0.15) is 0 Å². The minimum atomic E-state index is 0.616. The molecule has 2 aromatic carbocycles. The van der Waals surface area contributed by atoms with Gasteiger partial charge in [-0.2, -0.15) is 0 Å². The second-order valence-electron chi connectivity index (χ2n) is 5.84. The lowest BCUT2D eigenvalue weighted by Gasteiger charge is -2.10. The first-order chi connectivity index (χ1) is 13.1. The molecule has 27 heavy (non-hydrogen) atoms. The lowest BCUT2D eigenvalue weighted by molar-refractivity contribution is 0.837. The number of hydrogen-bond acceptors (Lipinski definition) is 3. The molecule has 1 heterocycles. The predicted molar refractivity (Wildman–Crippen MR) is 120 cm³/mol. The molecule has 3 nitrogen and oxygen atoms in total. The van der Waals surface area contributed by atoms with Gasteiger partial charge < -0.3 is 4.57 Å². The van der Waals surface area contributed by atoms with Gasteiger partial charge in [-0.25, -0.2) is 4.98 Å². The fraction of sp³-hybridized carbons (Fsp3) is 0.200. The Morgan fingerprint density at radius 2 is 1.96 bits per heavy atom. The first-order valence-electron chi connectivity index (χ1n) is 8.44. The van der Waals surface area contributed by atoms with E-state index < -0.39 is 0 Å². The Kier molecular flexibility index (Phi) is 7.82. The topological polar surface area (TPSA) is 30.2 Å². The summed E-state index contributed by atoms with van der Waals surface area (Å²) in [5, 5.41) is 1.24. The van der Waals surface area contributed by atoms with Crippen LogP contribution in [0, 0.1) is 0 Å². The van der Waals surface area contributed by atoms with Gasteiger partial charge in [-0.1, -0.05) is 45.2 Å². The molecule has 0 saturated heterocycles. The van der Waals surface area contributed by atoms with Crippen LogP contribution < -0.4 is 0 Å². The Bertz CT molecular complexity index is 896. The minimum Gasteiger partial charge on any atom is -0.331 e. The highest BCUT2D eigenvalue weighted by atomic mass is 79.9. The summed E-state index contributed by atoms with van der Waals surface area (Å²) >= 11 is 17.7. The molecule has 0 aliphatic rings. The number of benzene rings is 2. The molecular formula is C20H18BrCl2N3S. The van der Waals surface area contributed by atoms with E-state index in [1.807, 2.05) is 34.7 Å². The second kappa shape index (κ2) is 10.3. The second-order valence-corrected chi connectivity index (χ2v) is 8.77. The maximum Gasteiger partial charge on any atom is 0.0949 e. The van der Waals surface area contributed by atoms with Crippen molar-refractivity contribution in [2.45, 2.75) is 17.9 Å². The normalized spacial score (nSPS) is 11.7. The van der Waals surface area contributed by atoms with Crippen LogP contribution >= 0.6 is 50.9 Å². The zero-order valence-electron chi connectivity index (χ0n) is 14.5. The van der Waals surface area contributed by atoms with Gasteiger partial charge in [0, 0.05) is 38.9 Å². The summed E-state index contributed by atoms with van der Waals surface area (Å²) in [5.74, 6) is 1.01. The van der Waals surface area contributed by atoms with Crippen LogP contribution in [0.2, 0.25) is 10.0 Å². The molecule has 0 amide bonds. The Morgan fingerprint density at radius 1 is 1.15 bits per heavy atom. The third-order valence-electron chi connectivity index (χ3n) is 3.82. The summed E-state index contributed by atoms with van der Waals surface area (Å²) in [6, 6.07) is 13.9. The lowest BCUT2D eigenvalue weighted by Crippen LogP contribution is -2.12. The highest BCUT2D eigenvalue weighted by Gasteiger charge is 2.10. The quantitative estimate of drug-likeness (QED) is 0.205. The van der Waals surface area contributed by atoms with Crippen LogP contribution in [0.25, 0.3) is 0 Å². The van der Waals surface area contributed by atoms with Crippen LogP contribution in [-0.4, -0.2) is 27.6 Å². The van der Waals surface area contributed by atoms with E-state index in [1.54, 1.807) is 18.6 Å². The van der Waals surface area contributed by atoms with E-state index in [1.165, 1.54) is 4.90 Å². The molecular weight excluding hydrogens is 465 g/mol. The summed E-state index contributed by atoms with van der Waals surface area (Å²) in [6.07, 6.45) is 6.45. The standard InChI is InChI=1S/C20H18BrCl2N3S/c21-15-2-5-17(6-3-15)27-11-1-8-25-20(13-26-10-9-24-14-26)18-7-4-16(22)12-19(18)23/h2-7,9-10,12,14H,1,8,11,13H2. The van der Waals surface area contributed by atoms with Crippen molar-refractivity contribution in [1.82, 2.24) is 9.55 Å². The van der Waals surface area contributed by atoms with Crippen LogP contribution in [0.1, 0.15) is 12.0 Å². The Balaban J connectivity index is 1.63. The van der Waals surface area contributed by atoms with E-state index in [-0.39, 0.29) is 0 Å². The molecule has 0 N–H and O–H groups in total. The van der Waals surface area contributed by atoms with Crippen molar-refractivity contribution in [3.63, 3.8) is 0 Å². The SMILES string of the molecule is Clc1ccc(C(Cn2ccnc2)=NCCCSc2ccc(Br)cc2)c(Cl)c1. The van der Waals surface area contributed by atoms with E-state index >= 15 is 0 Å². The van der Waals surface area contributed by atoms with Crippen LogP contribution in [0.15, 0.2) is 75.5 Å². The molecule has 0 unspecified atom stereocenters. The first kappa shape index (κ1) is 20.5. The van der Waals surface area contributed by atoms with Gasteiger partial charge in [-0.3, -0.25) is 4.99 Å². The zero-order valence-corrected chi connectivity index (χ0v) is 18.4. The van der Waals surface area contributed by atoms with E-state index in [2.05, 4.69) is 45.2 Å². The molecule has 140 valence electrons. The summed E-state index contributed by atoms with van der Waals surface area (Å²) in [5.41, 5.74) is 1.85. The summed E-state index contributed by atoms with van der Waals surface area (Å²) < 4.78 is 3.08. The number of imidazole rings is 1. The van der Waals surface area contributed by atoms with Crippen LogP contribution in [0.3, 0.4) is 0 Å². The first-order valence-corrected chi connectivity index (χ1v) is 11.0. The van der Waals surface area contributed by atoms with Crippen molar-refractivity contribution in [3.05, 3.63) is 81.3 Å². The molecule has 0 spiro atoms. The highest BCUT2D eigenvalue weighted by Crippen LogP contribution is 2.23. The van der Waals surface area contributed by atoms with E-state index in [0.29, 0.717) is 16.6 Å². The largest absolute Gasteiger partial charge is 0.331 e. The zero-order chi connectivity index (χ0) is 19.1. The number of thioether (sulfide) groups is 1. The Labute approximate surface area is 182 Å². The van der Waals surface area contributed by atoms with Crippen molar-refractivity contribution in [1.29, 1.82) is 0 Å². The fourth-order valence-corrected chi connectivity index (χ4v) is 4.12. The van der Waals surface area contributed by atoms with Crippen LogP contribution in [0.4, 0.5) is 0 Å². The molecule has 0 aliphatic heterocycles. The van der Waals surface area contributed by atoms with E-state index in [0.717, 1.165) is 34.5 Å². The van der Waals surface area contributed by atoms with Crippen molar-refractivity contribution in [2.75, 3.05) is 12.3 Å². The maximum absolute atomic E-state index is 6.40. The predicted octanol–water partition coefficient (Wildman–Crippen LogP) is 6.62. The molecule has 0 atom stereocenters. The fourth-order valence-electron chi connectivity index (χ4n) is 2.50. The number of rotatable bonds is 8. The van der Waals surface area contributed by atoms with Gasteiger partial charge >= 0.3 is 0 Å². The van der Waals surface area contributed by atoms with Crippen LogP contribution in [0.5, 0.6) is 0 Å². The molecule has 0 radical (unpaired) electrons. The van der Waals surface area contributed by atoms with Crippen molar-refractivity contribution in [2.24, 2.45) is 4.99 Å². The molecule has 0 fully saturated rings. The minimum absolute atomic E-state index is 0.616.